The summed E-state index contributed by atoms with van der Waals surface area (Å²) >= 11 is 0. The van der Waals surface area contributed by atoms with Gasteiger partial charge in [-0.25, -0.2) is 9.97 Å². The van der Waals surface area contributed by atoms with E-state index in [2.05, 4.69) is 9.97 Å². The fourth-order valence-corrected chi connectivity index (χ4v) is 0.798. The minimum Gasteiger partial charge on any atom is -0.368 e. The molecule has 0 bridgehead atoms. The Balaban J connectivity index is 3.31. The lowest BCUT2D eigenvalue weighted by atomic mass is 10.2. The van der Waals surface area contributed by atoms with Crippen LogP contribution in [0, 0.1) is 20.8 Å². The molecule has 0 amide bonds. The lowest BCUT2D eigenvalue weighted by Crippen LogP contribution is -2.01. The van der Waals surface area contributed by atoms with Crippen LogP contribution in [0.4, 0.5) is 5.95 Å². The highest BCUT2D eigenvalue weighted by molar-refractivity contribution is 5.28. The summed E-state index contributed by atoms with van der Waals surface area (Å²) in [6, 6.07) is 0. The third kappa shape index (κ3) is 1.07. The van der Waals surface area contributed by atoms with Crippen molar-refractivity contribution < 1.29 is 0 Å². The Morgan fingerprint density at radius 2 is 1.40 bits per heavy atom. The van der Waals surface area contributed by atoms with Crippen molar-refractivity contribution in [2.75, 3.05) is 5.73 Å². The molecule has 0 aliphatic carbocycles. The maximum atomic E-state index is 5.41. The van der Waals surface area contributed by atoms with Gasteiger partial charge in [0.15, 0.2) is 0 Å². The second-order valence-electron chi connectivity index (χ2n) is 2.38. The predicted molar refractivity (Wildman–Crippen MR) is 40.7 cm³/mol. The first kappa shape index (κ1) is 6.99. The molecule has 54 valence electrons. The first-order chi connectivity index (χ1) is 4.61. The van der Waals surface area contributed by atoms with E-state index < -0.39 is 0 Å². The number of anilines is 1. The van der Waals surface area contributed by atoms with Crippen LogP contribution in [-0.4, -0.2) is 9.97 Å². The zero-order valence-electron chi connectivity index (χ0n) is 6.47. The van der Waals surface area contributed by atoms with Crippen LogP contribution in [-0.2, 0) is 0 Å². The van der Waals surface area contributed by atoms with Gasteiger partial charge in [0, 0.05) is 11.4 Å². The van der Waals surface area contributed by atoms with Crippen molar-refractivity contribution in [3.63, 3.8) is 0 Å². The molecule has 1 rings (SSSR count). The number of rotatable bonds is 0. The Bertz CT molecular complexity index is 232. The van der Waals surface area contributed by atoms with Gasteiger partial charge < -0.3 is 5.73 Å². The molecule has 3 heteroatoms. The number of aryl methyl sites for hydroxylation is 2. The number of hydrogen-bond acceptors (Lipinski definition) is 3. The molecule has 3 nitrogen and oxygen atoms in total. The summed E-state index contributed by atoms with van der Waals surface area (Å²) in [7, 11) is 0. The van der Waals surface area contributed by atoms with E-state index in [1.54, 1.807) is 0 Å². The topological polar surface area (TPSA) is 51.8 Å². The Morgan fingerprint density at radius 3 is 1.80 bits per heavy atom. The van der Waals surface area contributed by atoms with Crippen LogP contribution in [0.15, 0.2) is 0 Å². The van der Waals surface area contributed by atoms with Gasteiger partial charge in [-0.1, -0.05) is 0 Å². The molecule has 0 unspecified atom stereocenters. The van der Waals surface area contributed by atoms with E-state index in [1.165, 1.54) is 0 Å². The normalized spacial score (nSPS) is 9.90. The first-order valence-electron chi connectivity index (χ1n) is 3.18. The zero-order valence-corrected chi connectivity index (χ0v) is 6.47. The Kier molecular flexibility index (Phi) is 1.57. The van der Waals surface area contributed by atoms with Gasteiger partial charge in [-0.15, -0.1) is 0 Å². The van der Waals surface area contributed by atoms with Crippen LogP contribution in [0.2, 0.25) is 0 Å². The third-order valence-electron chi connectivity index (χ3n) is 1.65. The molecule has 0 aromatic carbocycles. The maximum Gasteiger partial charge on any atom is 0.220 e. The van der Waals surface area contributed by atoms with E-state index in [4.69, 9.17) is 5.73 Å². The van der Waals surface area contributed by atoms with Gasteiger partial charge in [0.2, 0.25) is 5.95 Å². The van der Waals surface area contributed by atoms with Gasteiger partial charge in [0.05, 0.1) is 0 Å². The summed E-state index contributed by atoms with van der Waals surface area (Å²) in [6.07, 6.45) is 0. The van der Waals surface area contributed by atoms with Crippen molar-refractivity contribution in [1.82, 2.24) is 9.97 Å². The minimum atomic E-state index is 0.362. The smallest absolute Gasteiger partial charge is 0.220 e. The molecular formula is C7H11N3. The van der Waals surface area contributed by atoms with E-state index in [0.29, 0.717) is 5.95 Å². The highest BCUT2D eigenvalue weighted by atomic mass is 15.0. The number of nitrogens with two attached hydrogens (primary N) is 1. The van der Waals surface area contributed by atoms with Gasteiger partial charge in [0.1, 0.15) is 0 Å². The SMILES string of the molecule is Cc1nc(N)nc(C)c1C. The van der Waals surface area contributed by atoms with Crippen LogP contribution < -0.4 is 5.73 Å². The summed E-state index contributed by atoms with van der Waals surface area (Å²) in [5.74, 6) is 0.362. The van der Waals surface area contributed by atoms with Crippen molar-refractivity contribution in [2.24, 2.45) is 0 Å². The van der Waals surface area contributed by atoms with Crippen molar-refractivity contribution in [2.45, 2.75) is 20.8 Å². The van der Waals surface area contributed by atoms with Crippen molar-refractivity contribution >= 4 is 5.95 Å². The molecule has 0 radical (unpaired) electrons. The van der Waals surface area contributed by atoms with Crippen LogP contribution in [0.1, 0.15) is 17.0 Å². The highest BCUT2D eigenvalue weighted by Crippen LogP contribution is 2.07. The predicted octanol–water partition coefficient (Wildman–Crippen LogP) is 0.984. The van der Waals surface area contributed by atoms with Gasteiger partial charge in [-0.3, -0.25) is 0 Å². The number of aromatic nitrogens is 2. The fourth-order valence-electron chi connectivity index (χ4n) is 0.798. The largest absolute Gasteiger partial charge is 0.368 e. The molecule has 0 atom stereocenters. The van der Waals surface area contributed by atoms with Crippen LogP contribution in [0.5, 0.6) is 0 Å². The van der Waals surface area contributed by atoms with Crippen LogP contribution >= 0.6 is 0 Å². The van der Waals surface area contributed by atoms with Crippen LogP contribution in [0.3, 0.4) is 0 Å². The third-order valence-corrected chi connectivity index (χ3v) is 1.65. The Hall–Kier alpha value is -1.12. The highest BCUT2D eigenvalue weighted by Gasteiger charge is 1.99. The molecule has 10 heavy (non-hydrogen) atoms. The summed E-state index contributed by atoms with van der Waals surface area (Å²) in [5, 5.41) is 0. The second-order valence-corrected chi connectivity index (χ2v) is 2.38. The molecule has 0 spiro atoms. The maximum absolute atomic E-state index is 5.41. The average Bonchev–Trinajstić information content (AvgIpc) is 1.82. The summed E-state index contributed by atoms with van der Waals surface area (Å²) < 4.78 is 0. The molecule has 0 aliphatic rings. The van der Waals surface area contributed by atoms with E-state index in [1.807, 2.05) is 20.8 Å². The summed E-state index contributed by atoms with van der Waals surface area (Å²) in [5.41, 5.74) is 8.45. The first-order valence-corrected chi connectivity index (χ1v) is 3.18. The summed E-state index contributed by atoms with van der Waals surface area (Å²) in [6.45, 7) is 5.85. The molecule has 2 N–H and O–H groups in total. The molecule has 0 saturated heterocycles. The van der Waals surface area contributed by atoms with Crippen LogP contribution in [0.25, 0.3) is 0 Å². The van der Waals surface area contributed by atoms with E-state index in [0.717, 1.165) is 17.0 Å². The van der Waals surface area contributed by atoms with E-state index >= 15 is 0 Å². The van der Waals surface area contributed by atoms with Gasteiger partial charge in [-0.05, 0) is 26.3 Å². The van der Waals surface area contributed by atoms with E-state index in [-0.39, 0.29) is 0 Å². The van der Waals surface area contributed by atoms with E-state index in [9.17, 15) is 0 Å². The molecule has 0 aliphatic heterocycles. The second kappa shape index (κ2) is 2.25. The van der Waals surface area contributed by atoms with Gasteiger partial charge in [-0.2, -0.15) is 0 Å². The Labute approximate surface area is 60.3 Å². The summed E-state index contributed by atoms with van der Waals surface area (Å²) in [4.78, 5) is 8.00. The standard InChI is InChI=1S/C7H11N3/c1-4-5(2)9-7(8)10-6(4)3/h1-3H3,(H2,8,9,10). The molecule has 1 aromatic heterocycles. The molecule has 1 heterocycles. The monoisotopic (exact) mass is 137 g/mol. The average molecular weight is 137 g/mol. The lowest BCUT2D eigenvalue weighted by Gasteiger charge is -2.02. The number of nitrogen functional groups attached to an aromatic ring is 1. The number of nitrogens with zero attached hydrogens (tertiary/aromatic N) is 2. The molecule has 0 fully saturated rings. The number of hydrogen-bond donors (Lipinski definition) is 1. The van der Waals surface area contributed by atoms with Crippen molar-refractivity contribution in [3.8, 4) is 0 Å². The molecule has 0 saturated carbocycles. The van der Waals surface area contributed by atoms with Gasteiger partial charge in [0.25, 0.3) is 0 Å². The van der Waals surface area contributed by atoms with Crippen molar-refractivity contribution in [1.29, 1.82) is 0 Å². The fraction of sp³-hybridized carbons (Fsp3) is 0.429. The molecular weight excluding hydrogens is 126 g/mol. The quantitative estimate of drug-likeness (QED) is 0.580. The van der Waals surface area contributed by atoms with Crippen molar-refractivity contribution in [3.05, 3.63) is 17.0 Å². The zero-order chi connectivity index (χ0) is 7.72. The Morgan fingerprint density at radius 1 is 1.00 bits per heavy atom. The minimum absolute atomic E-state index is 0.362. The van der Waals surface area contributed by atoms with Gasteiger partial charge >= 0.3 is 0 Å². The lowest BCUT2D eigenvalue weighted by molar-refractivity contribution is 1.03. The molecule has 1 aromatic rings.